The van der Waals surface area contributed by atoms with Gasteiger partial charge >= 0.3 is 0 Å². The van der Waals surface area contributed by atoms with Crippen LogP contribution in [0.1, 0.15) is 12.0 Å². The van der Waals surface area contributed by atoms with Gasteiger partial charge in [-0.15, -0.1) is 6.58 Å². The van der Waals surface area contributed by atoms with E-state index in [1.54, 1.807) is 20.3 Å². The first-order chi connectivity index (χ1) is 13.2. The summed E-state index contributed by atoms with van der Waals surface area (Å²) in [5.41, 5.74) is 2.07. The van der Waals surface area contributed by atoms with Gasteiger partial charge in [0.2, 0.25) is 5.91 Å². The summed E-state index contributed by atoms with van der Waals surface area (Å²) in [4.78, 5) is 17.4. The van der Waals surface area contributed by atoms with Crippen LogP contribution in [0.15, 0.2) is 60.1 Å². The molecule has 0 spiro atoms. The predicted molar refractivity (Wildman–Crippen MR) is 108 cm³/mol. The van der Waals surface area contributed by atoms with Gasteiger partial charge in [-0.25, -0.2) is 0 Å². The van der Waals surface area contributed by atoms with Gasteiger partial charge in [0.15, 0.2) is 16.3 Å². The predicted octanol–water partition coefficient (Wildman–Crippen LogP) is 3.97. The number of carbonyl (C=O) groups is 1. The highest BCUT2D eigenvalue weighted by Gasteiger charge is 2.12. The number of nitrogens with zero attached hydrogens (tertiary/aromatic N) is 2. The van der Waals surface area contributed by atoms with Crippen molar-refractivity contribution in [1.82, 2.24) is 4.57 Å². The summed E-state index contributed by atoms with van der Waals surface area (Å²) in [6, 6.07) is 13.8. The van der Waals surface area contributed by atoms with Crippen molar-refractivity contribution in [3.63, 3.8) is 0 Å². The second-order valence-electron chi connectivity index (χ2n) is 5.95. The highest BCUT2D eigenvalue weighted by atomic mass is 32.1. The molecule has 0 aliphatic rings. The van der Waals surface area contributed by atoms with Gasteiger partial charge in [-0.2, -0.15) is 4.99 Å². The van der Waals surface area contributed by atoms with E-state index < -0.39 is 0 Å². The summed E-state index contributed by atoms with van der Waals surface area (Å²) >= 11 is 1.45. The molecule has 6 heteroatoms. The summed E-state index contributed by atoms with van der Waals surface area (Å²) in [7, 11) is 3.21. The summed E-state index contributed by atoms with van der Waals surface area (Å²) in [5, 5.41) is 0. The molecule has 1 heterocycles. The fourth-order valence-electron chi connectivity index (χ4n) is 2.85. The minimum Gasteiger partial charge on any atom is -0.493 e. The number of allylic oxidation sites excluding steroid dienone is 1. The van der Waals surface area contributed by atoms with Crippen molar-refractivity contribution in [2.75, 3.05) is 14.2 Å². The third-order valence-electron chi connectivity index (χ3n) is 4.19. The number of hydrogen-bond donors (Lipinski definition) is 0. The van der Waals surface area contributed by atoms with Crippen molar-refractivity contribution >= 4 is 27.5 Å². The van der Waals surface area contributed by atoms with Gasteiger partial charge in [0.25, 0.3) is 0 Å². The molecule has 2 aromatic carbocycles. The van der Waals surface area contributed by atoms with Crippen molar-refractivity contribution in [1.29, 1.82) is 0 Å². The minimum absolute atomic E-state index is 0.137. The largest absolute Gasteiger partial charge is 0.493 e. The topological polar surface area (TPSA) is 52.8 Å². The zero-order valence-electron chi connectivity index (χ0n) is 15.5. The molecule has 27 heavy (non-hydrogen) atoms. The van der Waals surface area contributed by atoms with Crippen LogP contribution < -0.4 is 14.3 Å². The number of fused-ring (bicyclic) bond motifs is 1. The van der Waals surface area contributed by atoms with Gasteiger partial charge in [-0.1, -0.05) is 47.7 Å². The van der Waals surface area contributed by atoms with Crippen LogP contribution in [0.4, 0.5) is 0 Å². The molecule has 140 valence electrons. The lowest BCUT2D eigenvalue weighted by molar-refractivity contribution is -0.118. The maximum absolute atomic E-state index is 12.4. The van der Waals surface area contributed by atoms with Gasteiger partial charge in [-0.05, 0) is 12.0 Å². The van der Waals surface area contributed by atoms with E-state index in [0.717, 1.165) is 15.8 Å². The normalized spacial score (nSPS) is 11.6. The summed E-state index contributed by atoms with van der Waals surface area (Å²) in [6.07, 6.45) is 2.84. The molecule has 0 bridgehead atoms. The lowest BCUT2D eigenvalue weighted by Gasteiger charge is -2.08. The smallest absolute Gasteiger partial charge is 0.248 e. The standard InChI is InChI=1S/C21H22N2O3S/c1-4-12-23-16-13-17(25-2)18(26-3)14-19(16)27-21(23)22-20(24)11-10-15-8-6-5-7-9-15/h4-9,13-14H,1,10-12H2,2-3H3. The molecular weight excluding hydrogens is 360 g/mol. The number of thiazole rings is 1. The first-order valence-electron chi connectivity index (χ1n) is 8.64. The number of hydrogen-bond acceptors (Lipinski definition) is 4. The zero-order chi connectivity index (χ0) is 19.2. The van der Waals surface area contributed by atoms with Crippen LogP contribution in [-0.4, -0.2) is 24.7 Å². The Morgan fingerprint density at radius 3 is 2.56 bits per heavy atom. The number of ether oxygens (including phenoxy) is 2. The number of benzene rings is 2. The Morgan fingerprint density at radius 1 is 1.19 bits per heavy atom. The summed E-state index contributed by atoms with van der Waals surface area (Å²) < 4.78 is 13.7. The van der Waals surface area contributed by atoms with E-state index in [2.05, 4.69) is 11.6 Å². The number of methoxy groups -OCH3 is 2. The second-order valence-corrected chi connectivity index (χ2v) is 6.96. The molecule has 0 fully saturated rings. The molecule has 0 aliphatic carbocycles. The zero-order valence-corrected chi connectivity index (χ0v) is 16.3. The highest BCUT2D eigenvalue weighted by Crippen LogP contribution is 2.33. The highest BCUT2D eigenvalue weighted by molar-refractivity contribution is 7.16. The maximum atomic E-state index is 12.4. The van der Waals surface area contributed by atoms with Crippen molar-refractivity contribution in [3.8, 4) is 11.5 Å². The minimum atomic E-state index is -0.137. The van der Waals surface area contributed by atoms with Gasteiger partial charge < -0.3 is 14.0 Å². The fraction of sp³-hybridized carbons (Fsp3) is 0.238. The Labute approximate surface area is 162 Å². The molecule has 0 atom stereocenters. The lowest BCUT2D eigenvalue weighted by atomic mass is 10.1. The summed E-state index contributed by atoms with van der Waals surface area (Å²) in [6.45, 7) is 4.37. The van der Waals surface area contributed by atoms with Crippen molar-refractivity contribution in [3.05, 3.63) is 65.5 Å². The third kappa shape index (κ3) is 4.28. The Bertz CT molecular complexity index is 1020. The van der Waals surface area contributed by atoms with E-state index in [-0.39, 0.29) is 5.91 Å². The van der Waals surface area contributed by atoms with Crippen LogP contribution in [0.25, 0.3) is 10.2 Å². The van der Waals surface area contributed by atoms with Crippen LogP contribution in [0.2, 0.25) is 0 Å². The number of rotatable bonds is 7. The van der Waals surface area contributed by atoms with Crippen LogP contribution in [0, 0.1) is 0 Å². The summed E-state index contributed by atoms with van der Waals surface area (Å²) in [5.74, 6) is 1.16. The molecule has 5 nitrogen and oxygen atoms in total. The van der Waals surface area contributed by atoms with E-state index in [1.165, 1.54) is 11.3 Å². The van der Waals surface area contributed by atoms with E-state index in [9.17, 15) is 4.79 Å². The molecule has 0 unspecified atom stereocenters. The van der Waals surface area contributed by atoms with Gasteiger partial charge in [-0.3, -0.25) is 4.79 Å². The Kier molecular flexibility index (Phi) is 6.08. The molecule has 1 aromatic heterocycles. The van der Waals surface area contributed by atoms with Crippen LogP contribution >= 0.6 is 11.3 Å². The monoisotopic (exact) mass is 382 g/mol. The van der Waals surface area contributed by atoms with Gasteiger partial charge in [0.05, 0.1) is 24.4 Å². The molecule has 0 saturated carbocycles. The van der Waals surface area contributed by atoms with E-state index in [4.69, 9.17) is 9.47 Å². The number of aromatic nitrogens is 1. The maximum Gasteiger partial charge on any atom is 0.248 e. The average molecular weight is 382 g/mol. The fourth-order valence-corrected chi connectivity index (χ4v) is 3.91. The molecule has 0 N–H and O–H groups in total. The Balaban J connectivity index is 1.96. The number of aryl methyl sites for hydroxylation is 1. The number of amides is 1. The molecule has 0 saturated heterocycles. The molecule has 1 amide bonds. The molecule has 3 rings (SSSR count). The SMILES string of the molecule is C=CCn1c(=NC(=O)CCc2ccccc2)sc2cc(OC)c(OC)cc21. The number of carbonyl (C=O) groups excluding carboxylic acids is 1. The molecule has 0 aliphatic heterocycles. The second kappa shape index (κ2) is 8.68. The van der Waals surface area contributed by atoms with Crippen molar-refractivity contribution in [2.45, 2.75) is 19.4 Å². The van der Waals surface area contributed by atoms with E-state index >= 15 is 0 Å². The van der Waals surface area contributed by atoms with Crippen LogP contribution in [0.3, 0.4) is 0 Å². The first-order valence-corrected chi connectivity index (χ1v) is 9.45. The van der Waals surface area contributed by atoms with Crippen LogP contribution in [-0.2, 0) is 17.8 Å². The van der Waals surface area contributed by atoms with Gasteiger partial charge in [0, 0.05) is 25.1 Å². The van der Waals surface area contributed by atoms with Crippen LogP contribution in [0.5, 0.6) is 11.5 Å². The quantitative estimate of drug-likeness (QED) is 0.581. The molecular formula is C21H22N2O3S. The average Bonchev–Trinajstić information content (AvgIpc) is 3.02. The third-order valence-corrected chi connectivity index (χ3v) is 5.23. The first kappa shape index (κ1) is 18.9. The van der Waals surface area contributed by atoms with E-state index in [1.807, 2.05) is 47.0 Å². The molecule has 0 radical (unpaired) electrons. The Morgan fingerprint density at radius 2 is 1.89 bits per heavy atom. The van der Waals surface area contributed by atoms with Gasteiger partial charge in [0.1, 0.15) is 0 Å². The van der Waals surface area contributed by atoms with Crippen molar-refractivity contribution < 1.29 is 14.3 Å². The lowest BCUT2D eigenvalue weighted by Crippen LogP contribution is -2.16. The Hall–Kier alpha value is -2.86. The van der Waals surface area contributed by atoms with Crippen molar-refractivity contribution in [2.24, 2.45) is 4.99 Å². The van der Waals surface area contributed by atoms with E-state index in [0.29, 0.717) is 35.7 Å². The molecule has 3 aromatic rings.